The van der Waals surface area contributed by atoms with Crippen LogP contribution in [-0.2, 0) is 6.42 Å². The van der Waals surface area contributed by atoms with Crippen LogP contribution in [0.25, 0.3) is 172 Å². The van der Waals surface area contributed by atoms with E-state index in [0.29, 0.717) is 5.82 Å². The van der Waals surface area contributed by atoms with Crippen molar-refractivity contribution in [3.05, 3.63) is 278 Å². The Bertz CT molecular complexity index is 6050. The summed E-state index contributed by atoms with van der Waals surface area (Å²) in [5.41, 5.74) is 23.1. The fourth-order valence-electron chi connectivity index (χ4n) is 14.7. The fraction of sp³-hybridized carbons (Fsp3) is 0.0250. The van der Waals surface area contributed by atoms with E-state index in [-0.39, 0.29) is 6.10 Å². The van der Waals surface area contributed by atoms with E-state index in [4.69, 9.17) is 23.5 Å². The zero-order valence-electron chi connectivity index (χ0n) is 47.1. The highest BCUT2D eigenvalue weighted by molar-refractivity contribution is 6.19. The summed E-state index contributed by atoms with van der Waals surface area (Å²) in [6.07, 6.45) is 3.08. The second-order valence-corrected chi connectivity index (χ2v) is 23.5. The highest BCUT2D eigenvalue weighted by Crippen LogP contribution is 2.47. The molecule has 1 unspecified atom stereocenters. The molecule has 8 heteroatoms. The third-order valence-electron chi connectivity index (χ3n) is 18.8. The molecule has 6 aromatic heterocycles. The van der Waals surface area contributed by atoms with Crippen LogP contribution in [0.15, 0.2) is 270 Å². The maximum atomic E-state index is 6.61. The van der Waals surface area contributed by atoms with Crippen LogP contribution in [0.1, 0.15) is 16.8 Å². The number of fused-ring (bicyclic) bond motifs is 19. The summed E-state index contributed by atoms with van der Waals surface area (Å²) in [6.45, 7) is 0. The molecule has 0 saturated heterocycles. The summed E-state index contributed by atoms with van der Waals surface area (Å²) < 4.78 is 26.6. The maximum absolute atomic E-state index is 6.61. The molecule has 7 heterocycles. The standard InChI is InChI=1S/C80H47N5O3/c1-7-19-67-53(13-1)59-40-62-56-16-4-10-22-73(56)86-76(62)43-70(59)83(67)50-32-25-46(26-33-50)49-31-38-66-65(39-49)79(47-27-34-51(35-28-47)84-68-20-8-2-14-54(68)60-41-63-57-17-5-11-23-74(57)87-77(63)44-71(60)84)82-80(81-66)48-29-36-52(37-30-48)85-69-21-9-3-15-55(69)61-42-64-58-18-6-12-24-75(58)88-78(64)45-72(61)85/h1-43,45,77H,44H2. The van der Waals surface area contributed by atoms with Gasteiger partial charge in [0.15, 0.2) is 5.82 Å². The van der Waals surface area contributed by atoms with Crippen molar-refractivity contribution in [3.63, 3.8) is 0 Å². The van der Waals surface area contributed by atoms with Gasteiger partial charge in [-0.25, -0.2) is 9.97 Å². The van der Waals surface area contributed by atoms with E-state index < -0.39 is 0 Å². The number of aromatic nitrogens is 5. The van der Waals surface area contributed by atoms with Gasteiger partial charge in [0.05, 0.1) is 38.8 Å². The lowest BCUT2D eigenvalue weighted by atomic mass is 9.90. The third-order valence-corrected chi connectivity index (χ3v) is 18.8. The minimum absolute atomic E-state index is 0.0449. The Morgan fingerprint density at radius 3 is 1.47 bits per heavy atom. The van der Waals surface area contributed by atoms with Crippen LogP contribution < -0.4 is 4.74 Å². The SMILES string of the molecule is C1=C2c3ccccc3OC2Cc2c1c1ccccc1n2-c1ccc(-c2nc(-c3ccc(-n4c5ccccc5c5cc6c(cc54)oc4ccccc46)cc3)nc3ccc(-c4ccc(-n5c6ccccc6c6cc7c(cc65)oc5ccccc57)cc4)cc23)cc1. The fourth-order valence-corrected chi connectivity index (χ4v) is 14.7. The average molecular weight is 1130 g/mol. The number of hydrogen-bond acceptors (Lipinski definition) is 5. The summed E-state index contributed by atoms with van der Waals surface area (Å²) in [5, 5.41) is 11.5. The van der Waals surface area contributed by atoms with Gasteiger partial charge in [0.25, 0.3) is 0 Å². The smallest absolute Gasteiger partial charge is 0.160 e. The monoisotopic (exact) mass is 1130 g/mol. The lowest BCUT2D eigenvalue weighted by molar-refractivity contribution is 0.274. The predicted octanol–water partition coefficient (Wildman–Crippen LogP) is 20.4. The quantitative estimate of drug-likeness (QED) is 0.166. The van der Waals surface area contributed by atoms with E-state index in [9.17, 15) is 0 Å². The van der Waals surface area contributed by atoms with E-state index >= 15 is 0 Å². The molecule has 0 spiro atoms. The van der Waals surface area contributed by atoms with Crippen molar-refractivity contribution in [2.24, 2.45) is 0 Å². The largest absolute Gasteiger partial charge is 0.485 e. The molecule has 2 aliphatic rings. The van der Waals surface area contributed by atoms with Crippen molar-refractivity contribution in [2.45, 2.75) is 12.5 Å². The van der Waals surface area contributed by atoms with Crippen LogP contribution in [0.4, 0.5) is 0 Å². The lowest BCUT2D eigenvalue weighted by Gasteiger charge is -2.21. The second kappa shape index (κ2) is 17.9. The molecule has 12 aromatic carbocycles. The first-order valence-corrected chi connectivity index (χ1v) is 30.0. The Balaban J connectivity index is 0.713. The zero-order valence-corrected chi connectivity index (χ0v) is 47.1. The molecule has 0 amide bonds. The van der Waals surface area contributed by atoms with Gasteiger partial charge in [-0.05, 0) is 126 Å². The normalized spacial score (nSPS) is 13.9. The van der Waals surface area contributed by atoms with Gasteiger partial charge in [-0.3, -0.25) is 0 Å². The van der Waals surface area contributed by atoms with Crippen molar-refractivity contribution >= 4 is 121 Å². The molecule has 18 aromatic rings. The van der Waals surface area contributed by atoms with Crippen LogP contribution in [0, 0.1) is 0 Å². The number of hydrogen-bond donors (Lipinski definition) is 0. The Kier molecular flexibility index (Phi) is 9.68. The van der Waals surface area contributed by atoms with Crippen molar-refractivity contribution in [1.82, 2.24) is 23.7 Å². The first kappa shape index (κ1) is 47.6. The molecule has 20 rings (SSSR count). The van der Waals surface area contributed by atoms with Crippen LogP contribution in [0.5, 0.6) is 5.75 Å². The first-order chi connectivity index (χ1) is 43.6. The molecule has 8 nitrogen and oxygen atoms in total. The summed E-state index contributed by atoms with van der Waals surface area (Å²) in [7, 11) is 0. The summed E-state index contributed by atoms with van der Waals surface area (Å²) in [6, 6.07) is 93.2. The highest BCUT2D eigenvalue weighted by Gasteiger charge is 2.35. The molecule has 0 radical (unpaired) electrons. The van der Waals surface area contributed by atoms with E-state index in [1.807, 2.05) is 24.3 Å². The number of para-hydroxylation sites is 6. The third kappa shape index (κ3) is 6.85. The minimum Gasteiger partial charge on any atom is -0.485 e. The number of furan rings is 2. The number of benzene rings is 12. The van der Waals surface area contributed by atoms with E-state index in [2.05, 4.69) is 256 Å². The number of nitrogens with zero attached hydrogens (tertiary/aromatic N) is 5. The van der Waals surface area contributed by atoms with Gasteiger partial charge in [0, 0.05) is 123 Å². The molecule has 1 aliphatic heterocycles. The van der Waals surface area contributed by atoms with Gasteiger partial charge < -0.3 is 27.3 Å². The van der Waals surface area contributed by atoms with Crippen LogP contribution >= 0.6 is 0 Å². The molecule has 0 fully saturated rings. The summed E-state index contributed by atoms with van der Waals surface area (Å²) in [5.74, 6) is 1.60. The maximum Gasteiger partial charge on any atom is 0.160 e. The zero-order chi connectivity index (χ0) is 57.3. The van der Waals surface area contributed by atoms with Crippen LogP contribution in [0.2, 0.25) is 0 Å². The summed E-state index contributed by atoms with van der Waals surface area (Å²) in [4.78, 5) is 10.9. The molecule has 410 valence electrons. The van der Waals surface area contributed by atoms with Gasteiger partial charge in [0.2, 0.25) is 0 Å². The van der Waals surface area contributed by atoms with Gasteiger partial charge in [0.1, 0.15) is 34.2 Å². The average Bonchev–Trinajstić information content (AvgIpc) is 1.68. The molecule has 0 N–H and O–H groups in total. The van der Waals surface area contributed by atoms with Crippen molar-refractivity contribution < 1.29 is 13.6 Å². The number of rotatable bonds is 6. The molecule has 1 atom stereocenters. The van der Waals surface area contributed by atoms with Crippen molar-refractivity contribution in [2.75, 3.05) is 0 Å². The second-order valence-electron chi connectivity index (χ2n) is 23.5. The Morgan fingerprint density at radius 1 is 0.341 bits per heavy atom. The Labute approximate surface area is 502 Å². The molecule has 0 saturated carbocycles. The molecule has 0 bridgehead atoms. The highest BCUT2D eigenvalue weighted by atomic mass is 16.5. The van der Waals surface area contributed by atoms with Gasteiger partial charge >= 0.3 is 0 Å². The Hall–Kier alpha value is -11.7. The van der Waals surface area contributed by atoms with E-state index in [0.717, 1.165) is 134 Å². The van der Waals surface area contributed by atoms with Crippen LogP contribution in [-0.4, -0.2) is 29.8 Å². The topological polar surface area (TPSA) is 76.1 Å². The predicted molar refractivity (Wildman–Crippen MR) is 358 cm³/mol. The van der Waals surface area contributed by atoms with Crippen LogP contribution in [0.3, 0.4) is 0 Å². The summed E-state index contributed by atoms with van der Waals surface area (Å²) >= 11 is 0. The lowest BCUT2D eigenvalue weighted by Crippen LogP contribution is -2.21. The van der Waals surface area contributed by atoms with Gasteiger partial charge in [-0.15, -0.1) is 0 Å². The first-order valence-electron chi connectivity index (χ1n) is 30.0. The minimum atomic E-state index is -0.0449. The Morgan fingerprint density at radius 2 is 0.841 bits per heavy atom. The van der Waals surface area contributed by atoms with E-state index in [1.165, 1.54) is 54.8 Å². The molecule has 1 aliphatic carbocycles. The number of ether oxygens (including phenoxy) is 1. The van der Waals surface area contributed by atoms with Crippen molar-refractivity contribution in [3.8, 4) is 56.6 Å². The van der Waals surface area contributed by atoms with Crippen molar-refractivity contribution in [1.29, 1.82) is 0 Å². The van der Waals surface area contributed by atoms with E-state index in [1.54, 1.807) is 0 Å². The molecular formula is C80H47N5O3. The molecule has 88 heavy (non-hydrogen) atoms. The van der Waals surface area contributed by atoms with Gasteiger partial charge in [-0.1, -0.05) is 140 Å². The van der Waals surface area contributed by atoms with Gasteiger partial charge in [-0.2, -0.15) is 0 Å². The molecular weight excluding hydrogens is 1080 g/mol.